The maximum absolute atomic E-state index is 15.0. The van der Waals surface area contributed by atoms with E-state index >= 15 is 9.59 Å². The van der Waals surface area contributed by atoms with Gasteiger partial charge in [0.15, 0.2) is 10.9 Å². The van der Waals surface area contributed by atoms with Gasteiger partial charge in [0.1, 0.15) is 12.1 Å². The number of fused-ring (bicyclic) bond motifs is 6. The molecule has 1 saturated carbocycles. The van der Waals surface area contributed by atoms with Crippen molar-refractivity contribution in [3.63, 3.8) is 0 Å². The van der Waals surface area contributed by atoms with E-state index in [9.17, 15) is 14.1 Å². The van der Waals surface area contributed by atoms with E-state index < -0.39 is 47.0 Å². The number of amides is 3. The summed E-state index contributed by atoms with van der Waals surface area (Å²) < 4.78 is 36.8. The van der Waals surface area contributed by atoms with E-state index in [1.54, 1.807) is 7.11 Å². The number of pyridine rings is 1. The summed E-state index contributed by atoms with van der Waals surface area (Å²) in [4.78, 5) is 70.7. The van der Waals surface area contributed by atoms with Gasteiger partial charge in [-0.1, -0.05) is 45.4 Å². The summed E-state index contributed by atoms with van der Waals surface area (Å²) in [6, 6.07) is 15.9. The number of likely N-dealkylation sites (tertiary alicyclic amines) is 2. The number of nitrogens with one attached hydrogen (secondary N) is 2. The highest BCUT2D eigenvalue weighted by Crippen LogP contribution is 2.52. The number of ether oxygens (including phenoxy) is 3. The fraction of sp³-hybridized carbons (Fsp3) is 0.617. The number of morpholine rings is 1. The average Bonchev–Trinajstić information content (AvgIpc) is 4.51. The number of methoxy groups -OCH3 is 1. The second-order valence-corrected chi connectivity index (χ2v) is 26.1. The van der Waals surface area contributed by atoms with E-state index in [4.69, 9.17) is 19.2 Å². The van der Waals surface area contributed by atoms with Gasteiger partial charge in [-0.3, -0.25) is 34.1 Å². The Bertz CT molecular complexity index is 2890. The van der Waals surface area contributed by atoms with Crippen LogP contribution in [0.1, 0.15) is 109 Å². The van der Waals surface area contributed by atoms with Crippen molar-refractivity contribution in [2.24, 2.45) is 22.7 Å². The third kappa shape index (κ3) is 10.8. The number of carbonyl (C=O) groups is 4. The van der Waals surface area contributed by atoms with Crippen LogP contribution in [0.4, 0.5) is 5.69 Å². The molecule has 7 aliphatic rings. The van der Waals surface area contributed by atoms with Crippen molar-refractivity contribution in [1.82, 2.24) is 39.4 Å². The molecule has 6 fully saturated rings. The summed E-state index contributed by atoms with van der Waals surface area (Å²) in [7, 11) is 1.71. The van der Waals surface area contributed by atoms with E-state index in [1.807, 2.05) is 59.6 Å². The number of hydrazine groups is 1. The average molecular weight is 1090 g/mol. The van der Waals surface area contributed by atoms with Gasteiger partial charge in [-0.2, -0.15) is 0 Å². The van der Waals surface area contributed by atoms with Crippen LogP contribution in [-0.2, 0) is 57.7 Å². The molecule has 8 heterocycles. The Hall–Kier alpha value is -5.08. The minimum atomic E-state index is -1.40. The van der Waals surface area contributed by atoms with Crippen LogP contribution in [0.5, 0.6) is 0 Å². The maximum Gasteiger partial charge on any atom is 0.324 e. The second kappa shape index (κ2) is 22.1. The Kier molecular flexibility index (Phi) is 15.5. The first-order valence-corrected chi connectivity index (χ1v) is 29.9. The van der Waals surface area contributed by atoms with Crippen LogP contribution in [0.25, 0.3) is 22.2 Å². The molecule has 4 aromatic rings. The first-order valence-electron chi connectivity index (χ1n) is 28.8. The summed E-state index contributed by atoms with van der Waals surface area (Å²) in [5.74, 6) is -0.558. The lowest BCUT2D eigenvalue weighted by atomic mass is 9.84. The summed E-state index contributed by atoms with van der Waals surface area (Å²) in [6.45, 7) is 20.0. The number of rotatable bonds is 12. The van der Waals surface area contributed by atoms with Gasteiger partial charge in [0.05, 0.1) is 60.3 Å². The number of esters is 1. The summed E-state index contributed by atoms with van der Waals surface area (Å²) >= 11 is -1.40. The van der Waals surface area contributed by atoms with Crippen molar-refractivity contribution in [3.8, 4) is 11.3 Å². The second-order valence-electron chi connectivity index (χ2n) is 24.7. The van der Waals surface area contributed by atoms with Crippen LogP contribution >= 0.6 is 0 Å². The van der Waals surface area contributed by atoms with Crippen LogP contribution in [0.15, 0.2) is 65.7 Å². The molecule has 11 rings (SSSR count). The molecule has 2 aromatic carbocycles. The number of carbonyl (C=O) groups excluding carboxylic acids is 4. The first-order chi connectivity index (χ1) is 37.5. The number of benzene rings is 2. The van der Waals surface area contributed by atoms with E-state index in [0.717, 1.165) is 81.8 Å². The quantitative estimate of drug-likeness (QED) is 0.0886. The molecule has 18 heteroatoms. The fourth-order valence-electron chi connectivity index (χ4n) is 13.6. The molecule has 17 nitrogen and oxygen atoms in total. The minimum absolute atomic E-state index is 0.00781. The van der Waals surface area contributed by atoms with Gasteiger partial charge in [0.2, 0.25) is 11.8 Å². The van der Waals surface area contributed by atoms with Crippen molar-refractivity contribution >= 4 is 51.6 Å². The first kappa shape index (κ1) is 54.9. The molecule has 1 aliphatic carbocycles. The number of aromatic nitrogens is 2. The molecular weight excluding hydrogens is 1010 g/mol. The molecule has 5 saturated heterocycles. The van der Waals surface area contributed by atoms with Crippen molar-refractivity contribution in [3.05, 3.63) is 77.6 Å². The molecule has 2 aromatic heterocycles. The van der Waals surface area contributed by atoms with E-state index in [0.29, 0.717) is 77.6 Å². The molecule has 6 bridgehead atoms. The van der Waals surface area contributed by atoms with Crippen LogP contribution in [0.2, 0.25) is 0 Å². The summed E-state index contributed by atoms with van der Waals surface area (Å²) in [5, 5.41) is 5.92. The summed E-state index contributed by atoms with van der Waals surface area (Å²) in [6.07, 6.45) is 6.90. The normalized spacial score (nSPS) is 28.9. The molecule has 78 heavy (non-hydrogen) atoms. The monoisotopic (exact) mass is 1090 g/mol. The van der Waals surface area contributed by atoms with E-state index in [1.165, 1.54) is 5.01 Å². The van der Waals surface area contributed by atoms with Gasteiger partial charge >= 0.3 is 5.97 Å². The van der Waals surface area contributed by atoms with Crippen molar-refractivity contribution in [2.45, 2.75) is 154 Å². The van der Waals surface area contributed by atoms with E-state index in [-0.39, 0.29) is 60.3 Å². The van der Waals surface area contributed by atoms with Crippen LogP contribution < -0.4 is 15.6 Å². The van der Waals surface area contributed by atoms with Gasteiger partial charge in [0, 0.05) is 98.5 Å². The summed E-state index contributed by atoms with van der Waals surface area (Å²) in [5.41, 5.74) is 9.91. The predicted octanol–water partition coefficient (Wildman–Crippen LogP) is 6.57. The standard InChI is InChI=1S/C60H81N9O8S/c1-9-67-49-21-18-41-30-45(49)46(53(67)44-12-10-24-61-50(44)39(5)75-8)32-59(6,7)36-77-58(73)47-13-11-25-68(63-47)56(71)48(31-42-33-64(41)28-29-76-42)62-55(70)51(37(2)3)65-26-22-60(34-65)23-27-66(35-60)57(72)54-52(40-16-17-40)69(54)78(74)43-19-14-38(4)15-20-43/h10,12,14-15,18-21,24,30,37,39-40,42,47-48,51-52,54,63H,9,11,13,16-17,22-23,25-29,31-36H2,1-8H3,(H,62,70)/t39-,42-,47-,48-,51-,52+,54+,60-,69?,78?/m0/s1. The molecular formula is C60H81N9O8S. The molecule has 2 unspecified atom stereocenters. The van der Waals surface area contributed by atoms with Gasteiger partial charge in [0.25, 0.3) is 5.91 Å². The molecule has 420 valence electrons. The van der Waals surface area contributed by atoms with Gasteiger partial charge in [-0.05, 0) is 132 Å². The number of nitrogens with zero attached hydrogens (tertiary/aromatic N) is 7. The van der Waals surface area contributed by atoms with Crippen LogP contribution in [0.3, 0.4) is 0 Å². The molecule has 1 spiro atoms. The Morgan fingerprint density at radius 1 is 1.00 bits per heavy atom. The molecule has 0 radical (unpaired) electrons. The minimum Gasteiger partial charge on any atom is -0.593 e. The molecule has 10 atom stereocenters. The SMILES string of the molecule is CCn1c(-c2cccnc2[C@H](C)OC)c2c3cc(ccc31)N1CCO[C@@H](C[C@H](NC(=O)[C@H](C(C)C)N3CC[C@]4(CCN(C(=O)[C@H]5[C@@H](C6CC6)N5[S+]([O-])c5ccc(C)cc5)C4)C3)C(=O)N3CCC[C@H](N3)C(=O)OCC(C)(C)C2)C1. The third-order valence-electron chi connectivity index (χ3n) is 18.0. The highest BCUT2D eigenvalue weighted by molar-refractivity contribution is 7.89. The largest absolute Gasteiger partial charge is 0.593 e. The lowest BCUT2D eigenvalue weighted by molar-refractivity contribution is -0.156. The Labute approximate surface area is 463 Å². The highest BCUT2D eigenvalue weighted by Gasteiger charge is 2.67. The number of aryl methyl sites for hydroxylation is 2. The molecule has 2 N–H and O–H groups in total. The zero-order valence-corrected chi connectivity index (χ0v) is 47.8. The van der Waals surface area contributed by atoms with Gasteiger partial charge in [-0.25, -0.2) is 5.43 Å². The number of cyclic esters (lactones) is 1. The molecule has 3 amide bonds. The number of hydrogen-bond donors (Lipinski definition) is 2. The topological polar surface area (TPSA) is 177 Å². The lowest BCUT2D eigenvalue weighted by Gasteiger charge is -2.39. The third-order valence-corrected chi connectivity index (χ3v) is 19.5. The Morgan fingerprint density at radius 2 is 1.78 bits per heavy atom. The van der Waals surface area contributed by atoms with Gasteiger partial charge < -0.3 is 38.4 Å². The van der Waals surface area contributed by atoms with Crippen molar-refractivity contribution in [1.29, 1.82) is 0 Å². The van der Waals surface area contributed by atoms with Crippen molar-refractivity contribution in [2.75, 3.05) is 71.0 Å². The Morgan fingerprint density at radius 3 is 2.53 bits per heavy atom. The van der Waals surface area contributed by atoms with Crippen LogP contribution in [-0.4, -0.2) is 159 Å². The van der Waals surface area contributed by atoms with Crippen LogP contribution in [0, 0.1) is 29.6 Å². The zero-order valence-electron chi connectivity index (χ0n) is 47.0. The smallest absolute Gasteiger partial charge is 0.324 e. The van der Waals surface area contributed by atoms with Gasteiger partial charge in [-0.15, -0.1) is 4.31 Å². The fourth-order valence-corrected chi connectivity index (χ4v) is 15.1. The lowest BCUT2D eigenvalue weighted by Crippen LogP contribution is -2.62. The molecule has 6 aliphatic heterocycles. The predicted molar refractivity (Wildman–Crippen MR) is 299 cm³/mol. The highest BCUT2D eigenvalue weighted by atomic mass is 32.2. The van der Waals surface area contributed by atoms with Crippen molar-refractivity contribution < 1.29 is 37.9 Å². The maximum atomic E-state index is 15.0. The number of anilines is 1. The van der Waals surface area contributed by atoms with E-state index in [2.05, 4.69) is 84.0 Å². The zero-order chi connectivity index (χ0) is 54.8. The number of hydrogen-bond acceptors (Lipinski definition) is 13. The Balaban J connectivity index is 0.841.